The van der Waals surface area contributed by atoms with Gasteiger partial charge in [0.1, 0.15) is 6.54 Å². The van der Waals surface area contributed by atoms with Crippen molar-refractivity contribution in [2.24, 2.45) is 5.92 Å². The summed E-state index contributed by atoms with van der Waals surface area (Å²) in [5.41, 5.74) is 0.854. The van der Waals surface area contributed by atoms with Crippen molar-refractivity contribution in [3.05, 3.63) is 15.6 Å². The summed E-state index contributed by atoms with van der Waals surface area (Å²) >= 11 is 1.54. The molecule has 1 aromatic rings. The summed E-state index contributed by atoms with van der Waals surface area (Å²) < 4.78 is 37.6. The fourth-order valence-corrected chi connectivity index (χ4v) is 4.19. The van der Waals surface area contributed by atoms with E-state index in [-0.39, 0.29) is 30.8 Å². The average Bonchev–Trinajstić information content (AvgIpc) is 3.07. The molecule has 146 valence electrons. The van der Waals surface area contributed by atoms with Gasteiger partial charge in [0.25, 0.3) is 0 Å². The number of amides is 2. The minimum Gasteiger partial charge on any atom is -0.338 e. The van der Waals surface area contributed by atoms with Crippen molar-refractivity contribution in [2.45, 2.75) is 52.3 Å². The number of rotatable bonds is 5. The van der Waals surface area contributed by atoms with Crippen molar-refractivity contribution in [3.8, 4) is 0 Å². The fraction of sp³-hybridized carbons (Fsp3) is 0.706. The van der Waals surface area contributed by atoms with E-state index in [2.05, 4.69) is 4.98 Å². The van der Waals surface area contributed by atoms with E-state index in [9.17, 15) is 22.8 Å². The number of aromatic nitrogens is 1. The highest BCUT2D eigenvalue weighted by Gasteiger charge is 2.42. The molecular formula is C17H24F3N3O2S. The summed E-state index contributed by atoms with van der Waals surface area (Å²) in [6.07, 6.45) is -4.63. The zero-order valence-electron chi connectivity index (χ0n) is 15.6. The Kier molecular flexibility index (Phi) is 5.99. The minimum atomic E-state index is -4.46. The molecule has 1 saturated heterocycles. The number of carbonyl (C=O) groups excluding carboxylic acids is 2. The van der Waals surface area contributed by atoms with Gasteiger partial charge in [-0.2, -0.15) is 13.2 Å². The van der Waals surface area contributed by atoms with E-state index in [4.69, 9.17) is 0 Å². The van der Waals surface area contributed by atoms with Crippen LogP contribution in [0.25, 0.3) is 0 Å². The lowest BCUT2D eigenvalue weighted by atomic mass is 10.1. The number of alkyl halides is 3. The zero-order chi connectivity index (χ0) is 19.8. The molecule has 2 rings (SSSR count). The smallest absolute Gasteiger partial charge is 0.338 e. The van der Waals surface area contributed by atoms with Crippen LogP contribution in [0.15, 0.2) is 0 Å². The summed E-state index contributed by atoms with van der Waals surface area (Å²) in [5, 5.41) is 0.984. The summed E-state index contributed by atoms with van der Waals surface area (Å²) in [7, 11) is 1.62. The van der Waals surface area contributed by atoms with E-state index in [1.807, 2.05) is 27.7 Å². The number of hydrogen-bond acceptors (Lipinski definition) is 4. The highest BCUT2D eigenvalue weighted by molar-refractivity contribution is 7.11. The van der Waals surface area contributed by atoms with Gasteiger partial charge in [-0.25, -0.2) is 4.98 Å². The third-order valence-corrected chi connectivity index (χ3v) is 6.21. The predicted molar refractivity (Wildman–Crippen MR) is 92.9 cm³/mol. The molecule has 0 radical (unpaired) electrons. The Balaban J connectivity index is 2.08. The predicted octanol–water partition coefficient (Wildman–Crippen LogP) is 3.51. The van der Waals surface area contributed by atoms with Gasteiger partial charge in [0.15, 0.2) is 0 Å². The summed E-state index contributed by atoms with van der Waals surface area (Å²) in [4.78, 5) is 32.2. The monoisotopic (exact) mass is 391 g/mol. The van der Waals surface area contributed by atoms with Gasteiger partial charge in [-0.1, -0.05) is 13.8 Å². The molecule has 0 bridgehead atoms. The molecule has 2 unspecified atom stereocenters. The quantitative estimate of drug-likeness (QED) is 0.772. The molecule has 1 fully saturated rings. The van der Waals surface area contributed by atoms with E-state index in [1.54, 1.807) is 18.4 Å². The summed E-state index contributed by atoms with van der Waals surface area (Å²) in [6.45, 7) is 6.35. The maximum absolute atomic E-state index is 12.7. The van der Waals surface area contributed by atoms with E-state index in [1.165, 1.54) is 4.90 Å². The Bertz CT molecular complexity index is 687. The molecule has 0 N–H and O–H groups in total. The second kappa shape index (κ2) is 7.54. The lowest BCUT2D eigenvalue weighted by Crippen LogP contribution is -2.38. The van der Waals surface area contributed by atoms with Gasteiger partial charge in [-0.3, -0.25) is 9.59 Å². The van der Waals surface area contributed by atoms with Crippen molar-refractivity contribution in [1.29, 1.82) is 0 Å². The van der Waals surface area contributed by atoms with Crippen LogP contribution in [0.5, 0.6) is 0 Å². The molecule has 5 nitrogen and oxygen atoms in total. The Morgan fingerprint density at radius 1 is 1.38 bits per heavy atom. The van der Waals surface area contributed by atoms with Crippen LogP contribution < -0.4 is 0 Å². The van der Waals surface area contributed by atoms with Gasteiger partial charge in [-0.15, -0.1) is 11.3 Å². The molecular weight excluding hydrogens is 367 g/mol. The van der Waals surface area contributed by atoms with Crippen molar-refractivity contribution in [1.82, 2.24) is 14.8 Å². The maximum atomic E-state index is 12.7. The van der Waals surface area contributed by atoms with Crippen LogP contribution in [0.3, 0.4) is 0 Å². The molecule has 1 aliphatic heterocycles. The number of hydrogen-bond donors (Lipinski definition) is 0. The van der Waals surface area contributed by atoms with Crippen LogP contribution in [-0.4, -0.2) is 52.9 Å². The number of likely N-dealkylation sites (tertiary alicyclic amines) is 1. The molecule has 0 spiro atoms. The van der Waals surface area contributed by atoms with Crippen LogP contribution in [-0.2, 0) is 9.59 Å². The largest absolute Gasteiger partial charge is 0.406 e. The number of aryl methyl sites for hydroxylation is 1. The number of thiazole rings is 1. The standard InChI is InChI=1S/C17H24F3N3O2S/c1-9(2)15-21-10(3)14(26-15)11(4)22(5)16(25)12-6-13(24)23(7-12)8-17(18,19)20/h9,11-12H,6-8H2,1-5H3. The van der Waals surface area contributed by atoms with E-state index >= 15 is 0 Å². The lowest BCUT2D eigenvalue weighted by molar-refractivity contribution is -0.157. The molecule has 2 atom stereocenters. The minimum absolute atomic E-state index is 0.176. The first-order valence-corrected chi connectivity index (χ1v) is 9.30. The summed E-state index contributed by atoms with van der Waals surface area (Å²) in [6, 6.07) is -0.251. The highest BCUT2D eigenvalue weighted by atomic mass is 32.1. The number of carbonyl (C=O) groups is 2. The Morgan fingerprint density at radius 2 is 2.00 bits per heavy atom. The van der Waals surface area contributed by atoms with E-state index in [0.717, 1.165) is 20.5 Å². The van der Waals surface area contributed by atoms with Gasteiger partial charge >= 0.3 is 6.18 Å². The van der Waals surface area contributed by atoms with Crippen LogP contribution in [0.2, 0.25) is 0 Å². The van der Waals surface area contributed by atoms with Crippen LogP contribution in [0.1, 0.15) is 54.7 Å². The van der Waals surface area contributed by atoms with Crippen molar-refractivity contribution in [3.63, 3.8) is 0 Å². The molecule has 1 aromatic heterocycles. The first kappa shape index (κ1) is 20.7. The molecule has 1 aliphatic rings. The van der Waals surface area contributed by atoms with Gasteiger partial charge in [0.05, 0.1) is 22.7 Å². The Hall–Kier alpha value is -1.64. The number of halogens is 3. The van der Waals surface area contributed by atoms with E-state index < -0.39 is 24.5 Å². The van der Waals surface area contributed by atoms with Crippen molar-refractivity contribution in [2.75, 3.05) is 20.1 Å². The first-order valence-electron chi connectivity index (χ1n) is 8.49. The second-order valence-electron chi connectivity index (χ2n) is 7.07. The average molecular weight is 391 g/mol. The SMILES string of the molecule is Cc1nc(C(C)C)sc1C(C)N(C)C(=O)C1CC(=O)N(CC(F)(F)F)C1. The van der Waals surface area contributed by atoms with Gasteiger partial charge < -0.3 is 9.80 Å². The molecule has 2 heterocycles. The number of nitrogens with zero attached hydrogens (tertiary/aromatic N) is 3. The van der Waals surface area contributed by atoms with Crippen molar-refractivity contribution < 1.29 is 22.8 Å². The van der Waals surface area contributed by atoms with Crippen LogP contribution in [0.4, 0.5) is 13.2 Å². The summed E-state index contributed by atoms with van der Waals surface area (Å²) in [5.74, 6) is -1.40. The van der Waals surface area contributed by atoms with Crippen molar-refractivity contribution >= 4 is 23.2 Å². The maximum Gasteiger partial charge on any atom is 0.406 e. The highest BCUT2D eigenvalue weighted by Crippen LogP contribution is 2.33. The molecule has 0 saturated carbocycles. The molecule has 9 heteroatoms. The fourth-order valence-electron chi connectivity index (χ4n) is 3.03. The van der Waals surface area contributed by atoms with Crippen LogP contribution in [0, 0.1) is 12.8 Å². The third kappa shape index (κ3) is 4.55. The second-order valence-corrected chi connectivity index (χ2v) is 8.13. The first-order chi connectivity index (χ1) is 11.9. The lowest BCUT2D eigenvalue weighted by Gasteiger charge is -2.27. The van der Waals surface area contributed by atoms with Gasteiger partial charge in [0, 0.05) is 30.8 Å². The Labute approximate surface area is 155 Å². The van der Waals surface area contributed by atoms with E-state index in [0.29, 0.717) is 0 Å². The van der Waals surface area contributed by atoms with Gasteiger partial charge in [-0.05, 0) is 13.8 Å². The van der Waals surface area contributed by atoms with Crippen LogP contribution >= 0.6 is 11.3 Å². The molecule has 0 aliphatic carbocycles. The Morgan fingerprint density at radius 3 is 2.50 bits per heavy atom. The molecule has 2 amide bonds. The topological polar surface area (TPSA) is 53.5 Å². The normalized spacial score (nSPS) is 19.3. The molecule has 0 aromatic carbocycles. The zero-order valence-corrected chi connectivity index (χ0v) is 16.4. The van der Waals surface area contributed by atoms with Gasteiger partial charge in [0.2, 0.25) is 11.8 Å². The molecule has 26 heavy (non-hydrogen) atoms. The third-order valence-electron chi connectivity index (χ3n) is 4.58.